The molecule has 0 unspecified atom stereocenters. The van der Waals surface area contributed by atoms with E-state index in [1.165, 1.54) is 0 Å². The van der Waals surface area contributed by atoms with E-state index in [0.717, 1.165) is 5.56 Å². The molecule has 0 radical (unpaired) electrons. The second-order valence-corrected chi connectivity index (χ2v) is 4.79. The number of hydrazone groups is 1. The fraction of sp³-hybridized carbons (Fsp3) is 0.176. The molecular formula is C17H19N3O3. The number of ether oxygens (including phenoxy) is 2. The molecule has 0 saturated heterocycles. The minimum Gasteiger partial charge on any atom is -0.493 e. The molecule has 2 aromatic rings. The highest BCUT2D eigenvalue weighted by Crippen LogP contribution is 2.25. The number of benzene rings is 2. The fourth-order valence-corrected chi connectivity index (χ4v) is 1.85. The number of anilines is 1. The average molecular weight is 313 g/mol. The van der Waals surface area contributed by atoms with Crippen molar-refractivity contribution in [3.05, 3.63) is 54.1 Å². The zero-order valence-corrected chi connectivity index (χ0v) is 13.1. The predicted molar refractivity (Wildman–Crippen MR) is 89.7 cm³/mol. The number of nitrogens with zero attached hydrogens (tertiary/aromatic N) is 1. The zero-order valence-electron chi connectivity index (χ0n) is 13.1. The van der Waals surface area contributed by atoms with Crippen LogP contribution in [0, 0.1) is 0 Å². The van der Waals surface area contributed by atoms with E-state index in [-0.39, 0.29) is 12.5 Å². The molecule has 2 aromatic carbocycles. The Labute approximate surface area is 134 Å². The van der Waals surface area contributed by atoms with Crippen LogP contribution in [-0.2, 0) is 4.79 Å². The summed E-state index contributed by atoms with van der Waals surface area (Å²) in [5.74, 6) is 0.719. The summed E-state index contributed by atoms with van der Waals surface area (Å²) in [7, 11) is 1.54. The number of nitrogens with one attached hydrogen (secondary N) is 1. The van der Waals surface area contributed by atoms with Gasteiger partial charge in [-0.05, 0) is 36.8 Å². The van der Waals surface area contributed by atoms with Crippen LogP contribution in [0.2, 0.25) is 0 Å². The van der Waals surface area contributed by atoms with Gasteiger partial charge < -0.3 is 15.2 Å². The van der Waals surface area contributed by atoms with Gasteiger partial charge in [0.15, 0.2) is 18.1 Å². The number of nitrogen functional groups attached to an aromatic ring is 1. The fourth-order valence-electron chi connectivity index (χ4n) is 1.85. The van der Waals surface area contributed by atoms with Gasteiger partial charge >= 0.3 is 0 Å². The Morgan fingerprint density at radius 2 is 1.78 bits per heavy atom. The molecular weight excluding hydrogens is 294 g/mol. The van der Waals surface area contributed by atoms with Gasteiger partial charge in [0.2, 0.25) is 0 Å². The van der Waals surface area contributed by atoms with Crippen LogP contribution >= 0.6 is 0 Å². The smallest absolute Gasteiger partial charge is 0.277 e. The highest BCUT2D eigenvalue weighted by Gasteiger charge is 2.06. The topological polar surface area (TPSA) is 85.9 Å². The average Bonchev–Trinajstić information content (AvgIpc) is 2.58. The Morgan fingerprint density at radius 3 is 2.43 bits per heavy atom. The molecule has 23 heavy (non-hydrogen) atoms. The quantitative estimate of drug-likeness (QED) is 0.486. The van der Waals surface area contributed by atoms with Gasteiger partial charge in [-0.25, -0.2) is 5.43 Å². The van der Waals surface area contributed by atoms with Gasteiger partial charge in [-0.2, -0.15) is 5.10 Å². The molecule has 0 atom stereocenters. The van der Waals surface area contributed by atoms with E-state index in [0.29, 0.717) is 22.9 Å². The summed E-state index contributed by atoms with van der Waals surface area (Å²) in [5, 5.41) is 4.04. The summed E-state index contributed by atoms with van der Waals surface area (Å²) in [6.45, 7) is 1.64. The Balaban J connectivity index is 1.89. The molecule has 0 saturated carbocycles. The van der Waals surface area contributed by atoms with Crippen molar-refractivity contribution < 1.29 is 14.3 Å². The summed E-state index contributed by atoms with van der Waals surface area (Å²) >= 11 is 0. The van der Waals surface area contributed by atoms with Crippen LogP contribution in [0.25, 0.3) is 0 Å². The van der Waals surface area contributed by atoms with Crippen molar-refractivity contribution in [2.75, 3.05) is 19.5 Å². The first-order chi connectivity index (χ1) is 11.1. The number of rotatable bonds is 6. The van der Waals surface area contributed by atoms with Crippen molar-refractivity contribution >= 4 is 17.3 Å². The van der Waals surface area contributed by atoms with Crippen molar-refractivity contribution in [3.63, 3.8) is 0 Å². The minimum atomic E-state index is -0.356. The molecule has 3 N–H and O–H groups in total. The number of nitrogens with two attached hydrogens (primary N) is 1. The van der Waals surface area contributed by atoms with Crippen LogP contribution in [0.4, 0.5) is 5.69 Å². The molecule has 6 nitrogen and oxygen atoms in total. The van der Waals surface area contributed by atoms with E-state index in [9.17, 15) is 4.79 Å². The lowest BCUT2D eigenvalue weighted by Crippen LogP contribution is -2.25. The van der Waals surface area contributed by atoms with Crippen molar-refractivity contribution in [3.8, 4) is 11.5 Å². The van der Waals surface area contributed by atoms with Gasteiger partial charge in [0.05, 0.1) is 12.8 Å². The van der Waals surface area contributed by atoms with Crippen molar-refractivity contribution in [1.82, 2.24) is 5.43 Å². The first-order valence-electron chi connectivity index (χ1n) is 7.05. The first-order valence-corrected chi connectivity index (χ1v) is 7.05. The monoisotopic (exact) mass is 313 g/mol. The molecule has 0 aliphatic heterocycles. The normalized spacial score (nSPS) is 11.0. The molecule has 0 spiro atoms. The number of amides is 1. The van der Waals surface area contributed by atoms with Gasteiger partial charge in [0, 0.05) is 5.69 Å². The second-order valence-electron chi connectivity index (χ2n) is 4.79. The Hall–Kier alpha value is -3.02. The third kappa shape index (κ3) is 4.74. The summed E-state index contributed by atoms with van der Waals surface area (Å²) in [6, 6.07) is 14.4. The maximum absolute atomic E-state index is 11.8. The van der Waals surface area contributed by atoms with Gasteiger partial charge in [0.25, 0.3) is 5.91 Å². The first kappa shape index (κ1) is 16.4. The van der Waals surface area contributed by atoms with Crippen LogP contribution in [0.5, 0.6) is 11.5 Å². The largest absolute Gasteiger partial charge is 0.493 e. The summed E-state index contributed by atoms with van der Waals surface area (Å²) in [4.78, 5) is 11.8. The molecule has 1 amide bonds. The lowest BCUT2D eigenvalue weighted by molar-refractivity contribution is -0.123. The third-order valence-corrected chi connectivity index (χ3v) is 3.10. The standard InChI is InChI=1S/C17H19N3O3/c1-12(13-7-9-14(18)10-8-13)19-20-17(21)11-23-16-6-4-3-5-15(16)22-2/h3-10H,11,18H2,1-2H3,(H,20,21)/b19-12-. The highest BCUT2D eigenvalue weighted by atomic mass is 16.5. The van der Waals surface area contributed by atoms with Gasteiger partial charge in [-0.1, -0.05) is 24.3 Å². The molecule has 0 fully saturated rings. The molecule has 0 aromatic heterocycles. The third-order valence-electron chi connectivity index (χ3n) is 3.10. The van der Waals surface area contributed by atoms with Gasteiger partial charge in [0.1, 0.15) is 0 Å². The number of carbonyl (C=O) groups is 1. The molecule has 120 valence electrons. The van der Waals surface area contributed by atoms with Gasteiger partial charge in [-0.15, -0.1) is 0 Å². The van der Waals surface area contributed by atoms with Crippen LogP contribution < -0.4 is 20.6 Å². The maximum Gasteiger partial charge on any atom is 0.277 e. The van der Waals surface area contributed by atoms with Crippen molar-refractivity contribution in [2.45, 2.75) is 6.92 Å². The predicted octanol–water partition coefficient (Wildman–Crippen LogP) is 2.20. The van der Waals surface area contributed by atoms with Gasteiger partial charge in [-0.3, -0.25) is 4.79 Å². The molecule has 0 heterocycles. The van der Waals surface area contributed by atoms with E-state index in [4.69, 9.17) is 15.2 Å². The molecule has 6 heteroatoms. The van der Waals surface area contributed by atoms with Crippen LogP contribution in [0.15, 0.2) is 53.6 Å². The Kier molecular flexibility index (Phi) is 5.57. The Bertz CT molecular complexity index is 696. The van der Waals surface area contributed by atoms with Crippen molar-refractivity contribution in [1.29, 1.82) is 0 Å². The van der Waals surface area contributed by atoms with Crippen LogP contribution in [0.1, 0.15) is 12.5 Å². The van der Waals surface area contributed by atoms with E-state index in [1.807, 2.05) is 18.2 Å². The molecule has 0 bridgehead atoms. The summed E-state index contributed by atoms with van der Waals surface area (Å²) < 4.78 is 10.6. The maximum atomic E-state index is 11.8. The lowest BCUT2D eigenvalue weighted by Gasteiger charge is -2.09. The number of hydrogen-bond acceptors (Lipinski definition) is 5. The van der Waals surface area contributed by atoms with Crippen molar-refractivity contribution in [2.24, 2.45) is 5.10 Å². The van der Waals surface area contributed by atoms with E-state index < -0.39 is 0 Å². The van der Waals surface area contributed by atoms with E-state index in [2.05, 4.69) is 10.5 Å². The Morgan fingerprint density at radius 1 is 1.13 bits per heavy atom. The number of methoxy groups -OCH3 is 1. The minimum absolute atomic E-state index is 0.154. The van der Waals surface area contributed by atoms with E-state index in [1.54, 1.807) is 44.4 Å². The van der Waals surface area contributed by atoms with E-state index >= 15 is 0 Å². The summed E-state index contributed by atoms with van der Waals surface area (Å²) in [6.07, 6.45) is 0. The number of hydrogen-bond donors (Lipinski definition) is 2. The highest BCUT2D eigenvalue weighted by molar-refractivity contribution is 5.99. The second kappa shape index (κ2) is 7.84. The molecule has 0 aliphatic carbocycles. The number of para-hydroxylation sites is 2. The molecule has 0 aliphatic rings. The van der Waals surface area contributed by atoms with Crippen LogP contribution in [0.3, 0.4) is 0 Å². The molecule has 2 rings (SSSR count). The van der Waals surface area contributed by atoms with Crippen LogP contribution in [-0.4, -0.2) is 25.3 Å². The lowest BCUT2D eigenvalue weighted by atomic mass is 10.1. The number of carbonyl (C=O) groups excluding carboxylic acids is 1. The zero-order chi connectivity index (χ0) is 16.7. The SMILES string of the molecule is COc1ccccc1OCC(=O)N/N=C(/C)c1ccc(N)cc1. The summed E-state index contributed by atoms with van der Waals surface area (Å²) in [5.41, 5.74) is 10.3.